The molecule has 6 heteroatoms. The van der Waals surface area contributed by atoms with Crippen molar-refractivity contribution in [2.75, 3.05) is 40.4 Å². The van der Waals surface area contributed by atoms with Gasteiger partial charge < -0.3 is 19.3 Å². The van der Waals surface area contributed by atoms with E-state index in [1.54, 1.807) is 26.4 Å². The van der Waals surface area contributed by atoms with Gasteiger partial charge in [0.1, 0.15) is 11.5 Å². The van der Waals surface area contributed by atoms with Crippen molar-refractivity contribution in [3.8, 4) is 11.5 Å². The Bertz CT molecular complexity index is 630. The molecule has 0 aromatic heterocycles. The zero-order valence-corrected chi connectivity index (χ0v) is 15.6. The lowest BCUT2D eigenvalue weighted by Gasteiger charge is -2.23. The van der Waals surface area contributed by atoms with Crippen molar-refractivity contribution in [1.29, 1.82) is 0 Å². The smallest absolute Gasteiger partial charge is 0.257 e. The zero-order valence-electron chi connectivity index (χ0n) is 15.6. The van der Waals surface area contributed by atoms with Crippen LogP contribution in [-0.2, 0) is 4.79 Å². The predicted octanol–water partition coefficient (Wildman–Crippen LogP) is 2.49. The van der Waals surface area contributed by atoms with Crippen LogP contribution in [0.1, 0.15) is 42.1 Å². The fourth-order valence-corrected chi connectivity index (χ4v) is 3.24. The normalized spacial score (nSPS) is 14.9. The van der Waals surface area contributed by atoms with Gasteiger partial charge in [-0.2, -0.15) is 0 Å². The minimum atomic E-state index is -0.0626. The number of methoxy groups -OCH3 is 2. The van der Waals surface area contributed by atoms with Gasteiger partial charge in [0.05, 0.1) is 19.8 Å². The maximum atomic E-state index is 13.0. The topological polar surface area (TPSA) is 59.1 Å². The van der Waals surface area contributed by atoms with Crippen LogP contribution in [0.4, 0.5) is 0 Å². The fraction of sp³-hybridized carbons (Fsp3) is 0.579. The standard InChI is InChI=1S/C19H28N2O4/c1-5-7-17(22)20-10-6-11-21(13-12-20)19(23)15-8-9-16(24-3)14(2)18(15)25-4/h8-9H,5-7,10-13H2,1-4H3. The van der Waals surface area contributed by atoms with E-state index in [-0.39, 0.29) is 11.8 Å². The van der Waals surface area contributed by atoms with Crippen LogP contribution in [0.3, 0.4) is 0 Å². The maximum absolute atomic E-state index is 13.0. The van der Waals surface area contributed by atoms with Gasteiger partial charge in [0.2, 0.25) is 5.91 Å². The first-order valence-electron chi connectivity index (χ1n) is 8.82. The summed E-state index contributed by atoms with van der Waals surface area (Å²) in [6.45, 7) is 6.36. The van der Waals surface area contributed by atoms with E-state index in [9.17, 15) is 9.59 Å². The number of amides is 2. The lowest BCUT2D eigenvalue weighted by molar-refractivity contribution is -0.131. The largest absolute Gasteiger partial charge is 0.496 e. The molecule has 1 aliphatic rings. The van der Waals surface area contributed by atoms with Crippen LogP contribution in [0.25, 0.3) is 0 Å². The molecule has 1 aliphatic heterocycles. The third kappa shape index (κ3) is 4.24. The molecule has 0 saturated carbocycles. The van der Waals surface area contributed by atoms with Crippen molar-refractivity contribution in [2.45, 2.75) is 33.1 Å². The molecule has 25 heavy (non-hydrogen) atoms. The van der Waals surface area contributed by atoms with Gasteiger partial charge in [0.25, 0.3) is 5.91 Å². The molecule has 1 saturated heterocycles. The molecule has 2 rings (SSSR count). The molecule has 0 N–H and O–H groups in total. The minimum absolute atomic E-state index is 0.0626. The van der Waals surface area contributed by atoms with Crippen molar-refractivity contribution in [2.24, 2.45) is 0 Å². The number of carbonyl (C=O) groups excluding carboxylic acids is 2. The first kappa shape index (κ1) is 19.1. The summed E-state index contributed by atoms with van der Waals surface area (Å²) >= 11 is 0. The molecule has 0 bridgehead atoms. The van der Waals surface area contributed by atoms with Crippen molar-refractivity contribution < 1.29 is 19.1 Å². The molecule has 0 spiro atoms. The van der Waals surface area contributed by atoms with Gasteiger partial charge >= 0.3 is 0 Å². The number of benzene rings is 1. The Labute approximate surface area is 149 Å². The molecule has 0 radical (unpaired) electrons. The van der Waals surface area contributed by atoms with Crippen molar-refractivity contribution in [3.63, 3.8) is 0 Å². The summed E-state index contributed by atoms with van der Waals surface area (Å²) in [6, 6.07) is 3.54. The van der Waals surface area contributed by atoms with Crippen LogP contribution < -0.4 is 9.47 Å². The van der Waals surface area contributed by atoms with E-state index in [0.717, 1.165) is 18.4 Å². The summed E-state index contributed by atoms with van der Waals surface area (Å²) in [7, 11) is 3.16. The Kier molecular flexibility index (Phi) is 6.67. The van der Waals surface area contributed by atoms with Crippen LogP contribution in [-0.4, -0.2) is 62.0 Å². The van der Waals surface area contributed by atoms with E-state index in [2.05, 4.69) is 0 Å². The van der Waals surface area contributed by atoms with Gasteiger partial charge in [-0.1, -0.05) is 6.92 Å². The van der Waals surface area contributed by atoms with Crippen LogP contribution in [0, 0.1) is 6.92 Å². The molecule has 1 fully saturated rings. The molecule has 0 unspecified atom stereocenters. The second-order valence-electron chi connectivity index (χ2n) is 6.25. The van der Waals surface area contributed by atoms with E-state index >= 15 is 0 Å². The fourth-order valence-electron chi connectivity index (χ4n) is 3.24. The Morgan fingerprint density at radius 3 is 2.36 bits per heavy atom. The van der Waals surface area contributed by atoms with Crippen molar-refractivity contribution >= 4 is 11.8 Å². The molecule has 0 atom stereocenters. The lowest BCUT2D eigenvalue weighted by Crippen LogP contribution is -2.37. The average Bonchev–Trinajstić information content (AvgIpc) is 2.87. The second-order valence-corrected chi connectivity index (χ2v) is 6.25. The van der Waals surface area contributed by atoms with E-state index in [0.29, 0.717) is 49.7 Å². The monoisotopic (exact) mass is 348 g/mol. The molecule has 1 aromatic carbocycles. The molecule has 2 amide bonds. The quantitative estimate of drug-likeness (QED) is 0.820. The summed E-state index contributed by atoms with van der Waals surface area (Å²) in [5.41, 5.74) is 1.35. The average molecular weight is 348 g/mol. The van der Waals surface area contributed by atoms with Gasteiger partial charge in [-0.25, -0.2) is 0 Å². The van der Waals surface area contributed by atoms with Crippen molar-refractivity contribution in [3.05, 3.63) is 23.3 Å². The van der Waals surface area contributed by atoms with Gasteiger partial charge in [0, 0.05) is 38.2 Å². The van der Waals surface area contributed by atoms with Gasteiger partial charge in [-0.05, 0) is 31.9 Å². The molecular weight excluding hydrogens is 320 g/mol. The highest BCUT2D eigenvalue weighted by Crippen LogP contribution is 2.32. The first-order chi connectivity index (χ1) is 12.0. The summed E-state index contributed by atoms with van der Waals surface area (Å²) in [4.78, 5) is 28.8. The Hall–Kier alpha value is -2.24. The first-order valence-corrected chi connectivity index (χ1v) is 8.82. The summed E-state index contributed by atoms with van der Waals surface area (Å²) in [6.07, 6.45) is 2.21. The Morgan fingerprint density at radius 2 is 1.72 bits per heavy atom. The highest BCUT2D eigenvalue weighted by Gasteiger charge is 2.25. The maximum Gasteiger partial charge on any atom is 0.257 e. The van der Waals surface area contributed by atoms with Gasteiger partial charge in [-0.3, -0.25) is 9.59 Å². The molecule has 0 aliphatic carbocycles. The van der Waals surface area contributed by atoms with E-state index in [1.807, 2.05) is 23.6 Å². The molecular formula is C19H28N2O4. The number of hydrogen-bond donors (Lipinski definition) is 0. The van der Waals surface area contributed by atoms with Crippen LogP contribution in [0.15, 0.2) is 12.1 Å². The number of ether oxygens (including phenoxy) is 2. The number of nitrogens with zero attached hydrogens (tertiary/aromatic N) is 2. The number of rotatable bonds is 5. The van der Waals surface area contributed by atoms with Crippen LogP contribution in [0.2, 0.25) is 0 Å². The van der Waals surface area contributed by atoms with E-state index in [4.69, 9.17) is 9.47 Å². The highest BCUT2D eigenvalue weighted by atomic mass is 16.5. The summed E-state index contributed by atoms with van der Waals surface area (Å²) in [5, 5.41) is 0. The molecule has 1 heterocycles. The minimum Gasteiger partial charge on any atom is -0.496 e. The number of hydrogen-bond acceptors (Lipinski definition) is 4. The van der Waals surface area contributed by atoms with Gasteiger partial charge in [-0.15, -0.1) is 0 Å². The zero-order chi connectivity index (χ0) is 18.4. The molecule has 6 nitrogen and oxygen atoms in total. The van der Waals surface area contributed by atoms with Gasteiger partial charge in [0.15, 0.2) is 0 Å². The second kappa shape index (κ2) is 8.74. The number of carbonyl (C=O) groups is 2. The third-order valence-electron chi connectivity index (χ3n) is 4.61. The summed E-state index contributed by atoms with van der Waals surface area (Å²) in [5.74, 6) is 1.36. The van der Waals surface area contributed by atoms with Crippen molar-refractivity contribution in [1.82, 2.24) is 9.80 Å². The van der Waals surface area contributed by atoms with Crippen LogP contribution >= 0.6 is 0 Å². The third-order valence-corrected chi connectivity index (χ3v) is 4.61. The predicted molar refractivity (Wildman–Crippen MR) is 96.3 cm³/mol. The summed E-state index contributed by atoms with van der Waals surface area (Å²) < 4.78 is 10.8. The van der Waals surface area contributed by atoms with Crippen LogP contribution in [0.5, 0.6) is 11.5 Å². The Balaban J connectivity index is 2.16. The van der Waals surface area contributed by atoms with E-state index < -0.39 is 0 Å². The SMILES string of the molecule is CCCC(=O)N1CCCN(C(=O)c2ccc(OC)c(C)c2OC)CC1. The Morgan fingerprint density at radius 1 is 1.04 bits per heavy atom. The molecule has 1 aromatic rings. The lowest BCUT2D eigenvalue weighted by atomic mass is 10.1. The van der Waals surface area contributed by atoms with E-state index in [1.165, 1.54) is 0 Å². The highest BCUT2D eigenvalue weighted by molar-refractivity contribution is 5.97. The molecule has 138 valence electrons.